The Hall–Kier alpha value is -1.98. The number of benzene rings is 2. The highest BCUT2D eigenvalue weighted by atomic mass is 35.5. The number of para-hydroxylation sites is 2. The van der Waals surface area contributed by atoms with Crippen LogP contribution in [0, 0.1) is 0 Å². The summed E-state index contributed by atoms with van der Waals surface area (Å²) < 4.78 is 0. The van der Waals surface area contributed by atoms with E-state index in [2.05, 4.69) is 0 Å². The fourth-order valence-corrected chi connectivity index (χ4v) is 3.64. The van der Waals surface area contributed by atoms with Gasteiger partial charge in [-0.05, 0) is 24.3 Å². The molecule has 0 bridgehead atoms. The predicted molar refractivity (Wildman–Crippen MR) is 89.1 cm³/mol. The van der Waals surface area contributed by atoms with Crippen molar-refractivity contribution in [2.24, 2.45) is 0 Å². The highest BCUT2D eigenvalue weighted by molar-refractivity contribution is 8.00. The van der Waals surface area contributed by atoms with Crippen LogP contribution in [-0.4, -0.2) is 17.1 Å². The average Bonchev–Trinajstić information content (AvgIpc) is 2.77. The third-order valence-electron chi connectivity index (χ3n) is 3.39. The zero-order valence-corrected chi connectivity index (χ0v) is 13.1. The molecule has 2 aromatic rings. The minimum absolute atomic E-state index is 0.142. The summed E-state index contributed by atoms with van der Waals surface area (Å²) >= 11 is 7.41. The number of halogens is 1. The molecule has 2 aromatic carbocycles. The molecule has 1 aliphatic rings. The fraction of sp³-hybridized carbons (Fsp3) is 0.125. The van der Waals surface area contributed by atoms with Crippen LogP contribution >= 0.6 is 23.4 Å². The summed E-state index contributed by atoms with van der Waals surface area (Å²) in [6.07, 6.45) is 0.142. The van der Waals surface area contributed by atoms with E-state index in [4.69, 9.17) is 17.3 Å². The quantitative estimate of drug-likeness (QED) is 0.691. The Labute approximate surface area is 137 Å². The Morgan fingerprint density at radius 3 is 2.50 bits per heavy atom. The molecule has 0 spiro atoms. The van der Waals surface area contributed by atoms with Crippen LogP contribution in [0.25, 0.3) is 0 Å². The van der Waals surface area contributed by atoms with Gasteiger partial charge in [-0.3, -0.25) is 9.59 Å². The van der Waals surface area contributed by atoms with E-state index in [0.717, 1.165) is 4.90 Å². The molecule has 1 fully saturated rings. The Balaban J connectivity index is 1.86. The van der Waals surface area contributed by atoms with Crippen LogP contribution in [0.4, 0.5) is 11.4 Å². The van der Waals surface area contributed by atoms with E-state index in [-0.39, 0.29) is 18.2 Å². The molecule has 0 unspecified atom stereocenters. The summed E-state index contributed by atoms with van der Waals surface area (Å²) in [5, 5.41) is -0.0949. The molecule has 0 radical (unpaired) electrons. The zero-order chi connectivity index (χ0) is 15.7. The van der Waals surface area contributed by atoms with Crippen molar-refractivity contribution in [1.29, 1.82) is 0 Å². The normalized spacial score (nSPS) is 18.0. The van der Waals surface area contributed by atoms with Gasteiger partial charge in [-0.1, -0.05) is 35.9 Å². The van der Waals surface area contributed by atoms with Crippen molar-refractivity contribution in [3.8, 4) is 0 Å². The molecule has 1 aliphatic heterocycles. The number of anilines is 2. The number of nitrogen functional groups attached to an aromatic ring is 1. The highest BCUT2D eigenvalue weighted by Gasteiger charge is 2.41. The standard InChI is InChI=1S/C16H13ClN2O2S/c17-10-5-1-3-7-12(10)19-15(20)9-14(16(19)21)22-13-8-4-2-6-11(13)18/h1-8,14H,9,18H2/t14-/m1/s1. The van der Waals surface area contributed by atoms with Crippen molar-refractivity contribution in [3.05, 3.63) is 53.6 Å². The molecule has 1 atom stereocenters. The van der Waals surface area contributed by atoms with Crippen molar-refractivity contribution in [2.45, 2.75) is 16.6 Å². The first-order valence-corrected chi connectivity index (χ1v) is 7.96. The summed E-state index contributed by atoms with van der Waals surface area (Å²) in [6.45, 7) is 0. The van der Waals surface area contributed by atoms with Crippen LogP contribution in [0.1, 0.15) is 6.42 Å². The maximum Gasteiger partial charge on any atom is 0.247 e. The van der Waals surface area contributed by atoms with Gasteiger partial charge in [0.1, 0.15) is 0 Å². The number of hydrogen-bond acceptors (Lipinski definition) is 4. The Morgan fingerprint density at radius 2 is 1.77 bits per heavy atom. The first kappa shape index (κ1) is 14.9. The second kappa shape index (κ2) is 6.02. The van der Waals surface area contributed by atoms with Gasteiger partial charge in [-0.25, -0.2) is 4.90 Å². The molecule has 0 aromatic heterocycles. The third-order valence-corrected chi connectivity index (χ3v) is 4.98. The van der Waals surface area contributed by atoms with Gasteiger partial charge >= 0.3 is 0 Å². The topological polar surface area (TPSA) is 63.4 Å². The summed E-state index contributed by atoms with van der Waals surface area (Å²) in [7, 11) is 0. The average molecular weight is 333 g/mol. The maximum absolute atomic E-state index is 12.6. The molecule has 0 saturated carbocycles. The van der Waals surface area contributed by atoms with Crippen LogP contribution in [0.3, 0.4) is 0 Å². The van der Waals surface area contributed by atoms with Gasteiger partial charge in [-0.2, -0.15) is 0 Å². The van der Waals surface area contributed by atoms with Crippen molar-refractivity contribution < 1.29 is 9.59 Å². The van der Waals surface area contributed by atoms with Crippen molar-refractivity contribution in [1.82, 2.24) is 0 Å². The molecule has 1 heterocycles. The third kappa shape index (κ3) is 2.69. The number of nitrogens with zero attached hydrogens (tertiary/aromatic N) is 1. The van der Waals surface area contributed by atoms with Gasteiger partial charge in [-0.15, -0.1) is 11.8 Å². The van der Waals surface area contributed by atoms with Gasteiger partial charge in [0.05, 0.1) is 16.0 Å². The lowest BCUT2D eigenvalue weighted by molar-refractivity contribution is -0.121. The summed E-state index contributed by atoms with van der Waals surface area (Å²) in [5.41, 5.74) is 6.93. The largest absolute Gasteiger partial charge is 0.398 e. The van der Waals surface area contributed by atoms with Crippen LogP contribution in [0.5, 0.6) is 0 Å². The lowest BCUT2D eigenvalue weighted by Gasteiger charge is -2.16. The van der Waals surface area contributed by atoms with Crippen LogP contribution in [0.15, 0.2) is 53.4 Å². The lowest BCUT2D eigenvalue weighted by atomic mass is 10.3. The number of rotatable bonds is 3. The number of carbonyl (C=O) groups excluding carboxylic acids is 2. The van der Waals surface area contributed by atoms with Gasteiger partial charge in [0, 0.05) is 17.0 Å². The molecular formula is C16H13ClN2O2S. The molecule has 3 rings (SSSR count). The molecular weight excluding hydrogens is 320 g/mol. The molecule has 2 amide bonds. The SMILES string of the molecule is Nc1ccccc1S[C@@H]1CC(=O)N(c2ccccc2Cl)C1=O. The van der Waals surface area contributed by atoms with Crippen LogP contribution < -0.4 is 10.6 Å². The van der Waals surface area contributed by atoms with E-state index in [1.54, 1.807) is 30.3 Å². The first-order chi connectivity index (χ1) is 10.6. The van der Waals surface area contributed by atoms with E-state index in [9.17, 15) is 9.59 Å². The number of nitrogens with two attached hydrogens (primary N) is 1. The summed E-state index contributed by atoms with van der Waals surface area (Å²) in [6, 6.07) is 14.1. The van der Waals surface area contributed by atoms with Crippen molar-refractivity contribution in [2.75, 3.05) is 10.6 Å². The van der Waals surface area contributed by atoms with Crippen molar-refractivity contribution >= 4 is 46.6 Å². The monoisotopic (exact) mass is 332 g/mol. The Bertz CT molecular complexity index is 750. The van der Waals surface area contributed by atoms with E-state index in [0.29, 0.717) is 16.4 Å². The van der Waals surface area contributed by atoms with E-state index < -0.39 is 5.25 Å². The molecule has 22 heavy (non-hydrogen) atoms. The second-order valence-electron chi connectivity index (χ2n) is 4.87. The smallest absolute Gasteiger partial charge is 0.247 e. The summed E-state index contributed by atoms with van der Waals surface area (Å²) in [5.74, 6) is -0.503. The molecule has 2 N–H and O–H groups in total. The van der Waals surface area contributed by atoms with Crippen LogP contribution in [-0.2, 0) is 9.59 Å². The number of carbonyl (C=O) groups is 2. The van der Waals surface area contributed by atoms with Crippen molar-refractivity contribution in [3.63, 3.8) is 0 Å². The first-order valence-electron chi connectivity index (χ1n) is 6.70. The number of hydrogen-bond donors (Lipinski definition) is 1. The maximum atomic E-state index is 12.6. The predicted octanol–water partition coefficient (Wildman–Crippen LogP) is 3.35. The zero-order valence-electron chi connectivity index (χ0n) is 11.5. The summed E-state index contributed by atoms with van der Waals surface area (Å²) in [4.78, 5) is 26.8. The lowest BCUT2D eigenvalue weighted by Crippen LogP contribution is -2.31. The van der Waals surface area contributed by atoms with E-state index in [1.807, 2.05) is 18.2 Å². The minimum atomic E-state index is -0.478. The molecule has 6 heteroatoms. The fourth-order valence-electron chi connectivity index (χ4n) is 2.32. The number of thioether (sulfide) groups is 1. The molecule has 0 aliphatic carbocycles. The van der Waals surface area contributed by atoms with E-state index >= 15 is 0 Å². The highest BCUT2D eigenvalue weighted by Crippen LogP contribution is 2.37. The molecule has 4 nitrogen and oxygen atoms in total. The Kier molecular flexibility index (Phi) is 4.09. The Morgan fingerprint density at radius 1 is 1.09 bits per heavy atom. The molecule has 112 valence electrons. The van der Waals surface area contributed by atoms with Gasteiger partial charge in [0.15, 0.2) is 0 Å². The number of imide groups is 1. The van der Waals surface area contributed by atoms with Gasteiger partial charge < -0.3 is 5.73 Å². The molecule has 1 saturated heterocycles. The minimum Gasteiger partial charge on any atom is -0.398 e. The van der Waals surface area contributed by atoms with Gasteiger partial charge in [0.25, 0.3) is 0 Å². The second-order valence-corrected chi connectivity index (χ2v) is 6.52. The van der Waals surface area contributed by atoms with Gasteiger partial charge in [0.2, 0.25) is 11.8 Å². The van der Waals surface area contributed by atoms with E-state index in [1.165, 1.54) is 16.7 Å². The number of amides is 2. The van der Waals surface area contributed by atoms with Crippen LogP contribution in [0.2, 0.25) is 5.02 Å².